The first-order chi connectivity index (χ1) is 8.13. The van der Waals surface area contributed by atoms with Crippen molar-refractivity contribution in [1.82, 2.24) is 0 Å². The predicted octanol–water partition coefficient (Wildman–Crippen LogP) is 1.75. The number of hydrogen-bond acceptors (Lipinski definition) is 5. The third kappa shape index (κ3) is 3.10. The van der Waals surface area contributed by atoms with E-state index in [1.807, 2.05) is 0 Å². The quantitative estimate of drug-likeness (QED) is 0.606. The van der Waals surface area contributed by atoms with Crippen LogP contribution in [0.5, 0.6) is 11.5 Å². The molecule has 0 spiro atoms. The summed E-state index contributed by atoms with van der Waals surface area (Å²) in [5.74, 6) is 0.902. The fourth-order valence-corrected chi connectivity index (χ4v) is 1.41. The van der Waals surface area contributed by atoms with Crippen molar-refractivity contribution in [1.29, 1.82) is 5.41 Å². The molecule has 5 heteroatoms. The summed E-state index contributed by atoms with van der Waals surface area (Å²) in [5.41, 5.74) is 0.529. The SMILES string of the molecule is CCOC(=N)[C@H](O)c1ccc(OC)c(OC)c1. The van der Waals surface area contributed by atoms with E-state index in [0.717, 1.165) is 0 Å². The molecule has 1 rings (SSSR count). The van der Waals surface area contributed by atoms with E-state index in [0.29, 0.717) is 23.7 Å². The molecule has 1 aromatic carbocycles. The molecule has 2 N–H and O–H groups in total. The van der Waals surface area contributed by atoms with E-state index in [2.05, 4.69) is 0 Å². The highest BCUT2D eigenvalue weighted by atomic mass is 16.5. The molecule has 5 nitrogen and oxygen atoms in total. The zero-order valence-corrected chi connectivity index (χ0v) is 10.2. The van der Waals surface area contributed by atoms with Gasteiger partial charge in [-0.3, -0.25) is 5.41 Å². The van der Waals surface area contributed by atoms with E-state index >= 15 is 0 Å². The summed E-state index contributed by atoms with van der Waals surface area (Å²) in [4.78, 5) is 0. The first kappa shape index (κ1) is 13.3. The lowest BCUT2D eigenvalue weighted by atomic mass is 10.1. The normalized spacial score (nSPS) is 11.8. The lowest BCUT2D eigenvalue weighted by Crippen LogP contribution is -2.14. The molecule has 0 fully saturated rings. The van der Waals surface area contributed by atoms with Crippen molar-refractivity contribution in [2.75, 3.05) is 20.8 Å². The molecule has 0 bridgehead atoms. The van der Waals surface area contributed by atoms with Crippen LogP contribution >= 0.6 is 0 Å². The Bertz CT molecular complexity index is 392. The number of ether oxygens (including phenoxy) is 3. The van der Waals surface area contributed by atoms with Crippen molar-refractivity contribution in [3.05, 3.63) is 23.8 Å². The number of aliphatic hydroxyl groups excluding tert-OH is 1. The number of hydrogen-bond donors (Lipinski definition) is 2. The second-order valence-electron chi connectivity index (χ2n) is 3.31. The third-order valence-corrected chi connectivity index (χ3v) is 2.27. The zero-order valence-electron chi connectivity index (χ0n) is 10.2. The summed E-state index contributed by atoms with van der Waals surface area (Å²) in [6.07, 6.45) is -1.09. The molecular formula is C12H17NO4. The Morgan fingerprint density at radius 2 is 1.94 bits per heavy atom. The summed E-state index contributed by atoms with van der Waals surface area (Å²) >= 11 is 0. The smallest absolute Gasteiger partial charge is 0.214 e. The van der Waals surface area contributed by atoms with Gasteiger partial charge in [0, 0.05) is 0 Å². The Labute approximate surface area is 100 Å². The second-order valence-corrected chi connectivity index (χ2v) is 3.31. The Balaban J connectivity index is 2.95. The van der Waals surface area contributed by atoms with Gasteiger partial charge in [-0.25, -0.2) is 0 Å². The van der Waals surface area contributed by atoms with Crippen LogP contribution in [0.25, 0.3) is 0 Å². The molecule has 0 saturated carbocycles. The molecule has 0 aliphatic carbocycles. The summed E-state index contributed by atoms with van der Waals surface area (Å²) in [6, 6.07) is 4.97. The lowest BCUT2D eigenvalue weighted by molar-refractivity contribution is 0.190. The number of rotatable bonds is 5. The summed E-state index contributed by atoms with van der Waals surface area (Å²) in [6.45, 7) is 2.11. The number of nitrogens with one attached hydrogen (secondary N) is 1. The van der Waals surface area contributed by atoms with Gasteiger partial charge in [0.2, 0.25) is 5.90 Å². The topological polar surface area (TPSA) is 71.8 Å². The van der Waals surface area contributed by atoms with Crippen LogP contribution < -0.4 is 9.47 Å². The largest absolute Gasteiger partial charge is 0.493 e. The standard InChI is InChI=1S/C12H17NO4/c1-4-17-12(13)11(14)8-5-6-9(15-2)10(7-8)16-3/h5-7,11,13-14H,4H2,1-3H3/t11-/m1/s1. The van der Waals surface area contributed by atoms with Gasteiger partial charge in [0.05, 0.1) is 20.8 Å². The molecule has 0 saturated heterocycles. The molecule has 0 aliphatic heterocycles. The average Bonchev–Trinajstić information content (AvgIpc) is 2.37. The highest BCUT2D eigenvalue weighted by Gasteiger charge is 2.17. The molecule has 17 heavy (non-hydrogen) atoms. The minimum absolute atomic E-state index is 0.181. The van der Waals surface area contributed by atoms with Crippen LogP contribution in [0.4, 0.5) is 0 Å². The van der Waals surface area contributed by atoms with Crippen molar-refractivity contribution in [2.24, 2.45) is 0 Å². The van der Waals surface area contributed by atoms with Crippen LogP contribution in [0.3, 0.4) is 0 Å². The number of benzene rings is 1. The van der Waals surface area contributed by atoms with E-state index in [1.165, 1.54) is 14.2 Å². The molecule has 0 aliphatic rings. The lowest BCUT2D eigenvalue weighted by Gasteiger charge is -2.14. The fourth-order valence-electron chi connectivity index (χ4n) is 1.41. The molecule has 0 heterocycles. The van der Waals surface area contributed by atoms with Gasteiger partial charge in [-0.2, -0.15) is 0 Å². The monoisotopic (exact) mass is 239 g/mol. The van der Waals surface area contributed by atoms with Crippen molar-refractivity contribution >= 4 is 5.90 Å². The van der Waals surface area contributed by atoms with Crippen LogP contribution in [-0.4, -0.2) is 31.8 Å². The first-order valence-corrected chi connectivity index (χ1v) is 5.25. The molecule has 1 aromatic rings. The highest BCUT2D eigenvalue weighted by molar-refractivity contribution is 5.79. The van der Waals surface area contributed by atoms with Crippen molar-refractivity contribution in [3.63, 3.8) is 0 Å². The van der Waals surface area contributed by atoms with Gasteiger partial charge in [-0.05, 0) is 24.6 Å². The minimum atomic E-state index is -1.09. The highest BCUT2D eigenvalue weighted by Crippen LogP contribution is 2.30. The van der Waals surface area contributed by atoms with E-state index in [1.54, 1.807) is 25.1 Å². The third-order valence-electron chi connectivity index (χ3n) is 2.27. The second kappa shape index (κ2) is 6.10. The van der Waals surface area contributed by atoms with Crippen LogP contribution in [0.1, 0.15) is 18.6 Å². The Kier molecular flexibility index (Phi) is 4.78. The average molecular weight is 239 g/mol. The predicted molar refractivity (Wildman–Crippen MR) is 63.9 cm³/mol. The Morgan fingerprint density at radius 3 is 2.47 bits per heavy atom. The summed E-state index contributed by atoms with van der Waals surface area (Å²) in [5, 5.41) is 17.4. The summed E-state index contributed by atoms with van der Waals surface area (Å²) in [7, 11) is 3.05. The van der Waals surface area contributed by atoms with Gasteiger partial charge in [-0.1, -0.05) is 6.07 Å². The van der Waals surface area contributed by atoms with Crippen LogP contribution in [-0.2, 0) is 4.74 Å². The van der Waals surface area contributed by atoms with Gasteiger partial charge < -0.3 is 19.3 Å². The van der Waals surface area contributed by atoms with E-state index in [-0.39, 0.29) is 5.90 Å². The fraction of sp³-hybridized carbons (Fsp3) is 0.417. The van der Waals surface area contributed by atoms with E-state index < -0.39 is 6.10 Å². The van der Waals surface area contributed by atoms with Gasteiger partial charge >= 0.3 is 0 Å². The van der Waals surface area contributed by atoms with Gasteiger partial charge in [0.1, 0.15) is 0 Å². The van der Waals surface area contributed by atoms with E-state index in [4.69, 9.17) is 19.6 Å². The van der Waals surface area contributed by atoms with Crippen molar-refractivity contribution in [3.8, 4) is 11.5 Å². The maximum absolute atomic E-state index is 9.86. The van der Waals surface area contributed by atoms with Crippen molar-refractivity contribution < 1.29 is 19.3 Å². The molecule has 94 valence electrons. The van der Waals surface area contributed by atoms with Crippen LogP contribution in [0.2, 0.25) is 0 Å². The molecule has 1 atom stereocenters. The molecule has 0 amide bonds. The van der Waals surface area contributed by atoms with Gasteiger partial charge in [0.25, 0.3) is 0 Å². The van der Waals surface area contributed by atoms with Crippen LogP contribution in [0.15, 0.2) is 18.2 Å². The maximum atomic E-state index is 9.86. The van der Waals surface area contributed by atoms with Gasteiger partial charge in [0.15, 0.2) is 17.6 Å². The number of methoxy groups -OCH3 is 2. The van der Waals surface area contributed by atoms with E-state index in [9.17, 15) is 5.11 Å². The minimum Gasteiger partial charge on any atom is -0.493 e. The molecule has 0 unspecified atom stereocenters. The molecular weight excluding hydrogens is 222 g/mol. The Morgan fingerprint density at radius 1 is 1.29 bits per heavy atom. The Hall–Kier alpha value is -1.75. The molecule has 0 radical (unpaired) electrons. The van der Waals surface area contributed by atoms with Crippen molar-refractivity contribution in [2.45, 2.75) is 13.0 Å². The van der Waals surface area contributed by atoms with Crippen LogP contribution in [0, 0.1) is 5.41 Å². The number of aliphatic hydroxyl groups is 1. The first-order valence-electron chi connectivity index (χ1n) is 5.25. The maximum Gasteiger partial charge on any atom is 0.214 e. The summed E-state index contributed by atoms with van der Waals surface area (Å²) < 4.78 is 15.2. The van der Waals surface area contributed by atoms with Gasteiger partial charge in [-0.15, -0.1) is 0 Å². The molecule has 0 aromatic heterocycles. The zero-order chi connectivity index (χ0) is 12.8.